The van der Waals surface area contributed by atoms with E-state index in [0.717, 1.165) is 21.5 Å². The quantitative estimate of drug-likeness (QED) is 0.613. The fraction of sp³-hybridized carbons (Fsp3) is 0.636. The molecule has 0 aromatic carbocycles. The Morgan fingerprint density at radius 3 is 2.27 bits per heavy atom. The number of halogens is 2. The Morgan fingerprint density at radius 1 is 1.20 bits per heavy atom. The molecule has 0 atom stereocenters. The Kier molecular flexibility index (Phi) is 4.77. The molecule has 2 nitrogen and oxygen atoms in total. The van der Waals surface area contributed by atoms with Gasteiger partial charge in [0.2, 0.25) is 0 Å². The summed E-state index contributed by atoms with van der Waals surface area (Å²) in [5.74, 6) is 1.76. The molecule has 0 unspecified atom stereocenters. The Morgan fingerprint density at radius 2 is 1.80 bits per heavy atom. The van der Waals surface area contributed by atoms with Gasteiger partial charge >= 0.3 is 0 Å². The third-order valence-corrected chi connectivity index (χ3v) is 3.74. The first-order valence-corrected chi connectivity index (χ1v) is 6.59. The Hall–Kier alpha value is 0.100. The standard InChI is InChI=1S/C11H16ClIN2/c1-6(2)5-8-9(13)10(12)15-11(14-8)7(3)4/h6-7H,5H2,1-4H3. The molecule has 0 saturated carbocycles. The van der Waals surface area contributed by atoms with Gasteiger partial charge in [-0.05, 0) is 34.9 Å². The summed E-state index contributed by atoms with van der Waals surface area (Å²) < 4.78 is 0.993. The van der Waals surface area contributed by atoms with Crippen molar-refractivity contribution in [2.45, 2.75) is 40.0 Å². The van der Waals surface area contributed by atoms with E-state index in [4.69, 9.17) is 11.6 Å². The molecule has 0 amide bonds. The minimum atomic E-state index is 0.324. The van der Waals surface area contributed by atoms with Crippen molar-refractivity contribution in [1.29, 1.82) is 0 Å². The second-order valence-electron chi connectivity index (χ2n) is 4.39. The van der Waals surface area contributed by atoms with E-state index in [1.165, 1.54) is 0 Å². The van der Waals surface area contributed by atoms with Gasteiger partial charge in [0.25, 0.3) is 0 Å². The van der Waals surface area contributed by atoms with E-state index in [0.29, 0.717) is 17.0 Å². The van der Waals surface area contributed by atoms with Crippen molar-refractivity contribution in [2.75, 3.05) is 0 Å². The van der Waals surface area contributed by atoms with Crippen LogP contribution in [0.15, 0.2) is 0 Å². The lowest BCUT2D eigenvalue weighted by atomic mass is 10.1. The van der Waals surface area contributed by atoms with Crippen LogP contribution in [0.3, 0.4) is 0 Å². The predicted molar refractivity (Wildman–Crippen MR) is 72.4 cm³/mol. The molecule has 84 valence electrons. The number of nitrogens with zero attached hydrogens (tertiary/aromatic N) is 2. The molecule has 0 bridgehead atoms. The normalized spacial score (nSPS) is 11.5. The van der Waals surface area contributed by atoms with Crippen LogP contribution < -0.4 is 0 Å². The summed E-state index contributed by atoms with van der Waals surface area (Å²) in [7, 11) is 0. The predicted octanol–water partition coefficient (Wildman–Crippen LogP) is 4.06. The van der Waals surface area contributed by atoms with Crippen LogP contribution in [-0.2, 0) is 6.42 Å². The van der Waals surface area contributed by atoms with Crippen LogP contribution in [0, 0.1) is 9.49 Å². The summed E-state index contributed by atoms with van der Waals surface area (Å²) in [5, 5.41) is 0.588. The highest BCUT2D eigenvalue weighted by atomic mass is 127. The zero-order valence-corrected chi connectivity index (χ0v) is 12.4. The summed E-state index contributed by atoms with van der Waals surface area (Å²) in [6.07, 6.45) is 0.959. The first-order chi connectivity index (χ1) is 6.91. The number of rotatable bonds is 3. The summed E-state index contributed by atoms with van der Waals surface area (Å²) in [6.45, 7) is 8.53. The van der Waals surface area contributed by atoms with Crippen molar-refractivity contribution in [2.24, 2.45) is 5.92 Å². The average Bonchev–Trinajstić information content (AvgIpc) is 2.11. The lowest BCUT2D eigenvalue weighted by Crippen LogP contribution is -2.07. The van der Waals surface area contributed by atoms with Crippen molar-refractivity contribution in [1.82, 2.24) is 9.97 Å². The minimum absolute atomic E-state index is 0.324. The fourth-order valence-electron chi connectivity index (χ4n) is 1.26. The fourth-order valence-corrected chi connectivity index (χ4v) is 1.92. The van der Waals surface area contributed by atoms with Gasteiger partial charge in [-0.2, -0.15) is 0 Å². The zero-order chi connectivity index (χ0) is 11.6. The number of hydrogen-bond acceptors (Lipinski definition) is 2. The highest BCUT2D eigenvalue weighted by Gasteiger charge is 2.13. The Balaban J connectivity index is 3.13. The lowest BCUT2D eigenvalue weighted by Gasteiger charge is -2.11. The van der Waals surface area contributed by atoms with Crippen LogP contribution in [-0.4, -0.2) is 9.97 Å². The van der Waals surface area contributed by atoms with Gasteiger partial charge in [0.05, 0.1) is 9.26 Å². The highest BCUT2D eigenvalue weighted by molar-refractivity contribution is 14.1. The van der Waals surface area contributed by atoms with Crippen molar-refractivity contribution < 1.29 is 0 Å². The van der Waals surface area contributed by atoms with Crippen molar-refractivity contribution in [3.05, 3.63) is 20.2 Å². The smallest absolute Gasteiger partial charge is 0.146 e. The topological polar surface area (TPSA) is 25.8 Å². The van der Waals surface area contributed by atoms with E-state index in [1.54, 1.807) is 0 Å². The third kappa shape index (κ3) is 3.55. The van der Waals surface area contributed by atoms with E-state index in [9.17, 15) is 0 Å². The van der Waals surface area contributed by atoms with Gasteiger partial charge in [-0.1, -0.05) is 39.3 Å². The van der Waals surface area contributed by atoms with Gasteiger partial charge < -0.3 is 0 Å². The second kappa shape index (κ2) is 5.43. The number of aromatic nitrogens is 2. The molecule has 15 heavy (non-hydrogen) atoms. The van der Waals surface area contributed by atoms with Gasteiger partial charge in [-0.25, -0.2) is 9.97 Å². The van der Waals surface area contributed by atoms with Crippen molar-refractivity contribution >= 4 is 34.2 Å². The molecule has 0 aliphatic carbocycles. The minimum Gasteiger partial charge on any atom is -0.236 e. The molecule has 0 N–H and O–H groups in total. The molecule has 4 heteroatoms. The lowest BCUT2D eigenvalue weighted by molar-refractivity contribution is 0.622. The van der Waals surface area contributed by atoms with E-state index in [1.807, 2.05) is 0 Å². The third-order valence-electron chi connectivity index (χ3n) is 2.01. The van der Waals surface area contributed by atoms with Gasteiger partial charge in [0.15, 0.2) is 0 Å². The van der Waals surface area contributed by atoms with Crippen molar-refractivity contribution in [3.63, 3.8) is 0 Å². The monoisotopic (exact) mass is 338 g/mol. The van der Waals surface area contributed by atoms with Crippen LogP contribution in [0.5, 0.6) is 0 Å². The molecular formula is C11H16ClIN2. The van der Waals surface area contributed by atoms with Crippen LogP contribution >= 0.6 is 34.2 Å². The molecule has 1 heterocycles. The molecule has 0 spiro atoms. The van der Waals surface area contributed by atoms with Gasteiger partial charge in [0.1, 0.15) is 11.0 Å². The first-order valence-electron chi connectivity index (χ1n) is 5.13. The highest BCUT2D eigenvalue weighted by Crippen LogP contribution is 2.23. The summed E-state index contributed by atoms with van der Waals surface area (Å²) in [5.41, 5.74) is 1.08. The summed E-state index contributed by atoms with van der Waals surface area (Å²) >= 11 is 8.31. The second-order valence-corrected chi connectivity index (χ2v) is 5.82. The number of hydrogen-bond donors (Lipinski definition) is 0. The summed E-state index contributed by atoms with van der Waals surface area (Å²) in [6, 6.07) is 0. The van der Waals surface area contributed by atoms with E-state index >= 15 is 0 Å². The van der Waals surface area contributed by atoms with Crippen LogP contribution in [0.2, 0.25) is 5.15 Å². The Labute approximate surface area is 110 Å². The zero-order valence-electron chi connectivity index (χ0n) is 9.51. The van der Waals surface area contributed by atoms with Gasteiger partial charge in [-0.15, -0.1) is 0 Å². The molecule has 1 aromatic rings. The molecular weight excluding hydrogens is 322 g/mol. The SMILES string of the molecule is CC(C)Cc1nc(C(C)C)nc(Cl)c1I. The maximum atomic E-state index is 6.09. The van der Waals surface area contributed by atoms with E-state index in [-0.39, 0.29) is 0 Å². The molecule has 0 saturated heterocycles. The maximum Gasteiger partial charge on any atom is 0.146 e. The Bertz CT molecular complexity index is 351. The molecule has 0 radical (unpaired) electrons. The van der Waals surface area contributed by atoms with E-state index in [2.05, 4.69) is 60.3 Å². The molecule has 0 aliphatic heterocycles. The van der Waals surface area contributed by atoms with E-state index < -0.39 is 0 Å². The van der Waals surface area contributed by atoms with Crippen molar-refractivity contribution in [3.8, 4) is 0 Å². The van der Waals surface area contributed by atoms with Crippen LogP contribution in [0.1, 0.15) is 45.1 Å². The van der Waals surface area contributed by atoms with Gasteiger partial charge in [-0.3, -0.25) is 0 Å². The van der Waals surface area contributed by atoms with Crippen LogP contribution in [0.4, 0.5) is 0 Å². The molecule has 0 fully saturated rings. The molecule has 1 aromatic heterocycles. The average molecular weight is 339 g/mol. The van der Waals surface area contributed by atoms with Gasteiger partial charge in [0, 0.05) is 5.92 Å². The summed E-state index contributed by atoms with van der Waals surface area (Å²) in [4.78, 5) is 8.86. The largest absolute Gasteiger partial charge is 0.236 e. The maximum absolute atomic E-state index is 6.09. The molecule has 1 rings (SSSR count). The van der Waals surface area contributed by atoms with Crippen LogP contribution in [0.25, 0.3) is 0 Å². The molecule has 0 aliphatic rings. The first kappa shape index (κ1) is 13.2.